The van der Waals surface area contributed by atoms with Crippen LogP contribution in [0, 0.1) is 46.3 Å². The summed E-state index contributed by atoms with van der Waals surface area (Å²) in [5.41, 5.74) is 3.03. The lowest BCUT2D eigenvalue weighted by atomic mass is 9.47. The maximum atomic E-state index is 12.8. The van der Waals surface area contributed by atoms with E-state index in [9.17, 15) is 14.7 Å². The summed E-state index contributed by atoms with van der Waals surface area (Å²) in [4.78, 5) is 24.7. The second-order valence-electron chi connectivity index (χ2n) is 15.3. The molecule has 4 aliphatic carbocycles. The molecule has 1 aromatic rings. The maximum absolute atomic E-state index is 12.8. The third-order valence-corrected chi connectivity index (χ3v) is 12.4. The van der Waals surface area contributed by atoms with E-state index in [1.54, 1.807) is 0 Å². The number of carboxylic acids is 1. The molecular formula is C37H55NO4. The SMILES string of the molecule is CC(C)CCC[C@@H](C)[C@H]1CCC2C3CC=C4CC(OC(=O)N[C@@H](Cc5ccccc5)C(=O)O)CC[C@]4(C)C3CC[C@@]21C. The van der Waals surface area contributed by atoms with Crippen molar-refractivity contribution >= 4 is 12.1 Å². The summed E-state index contributed by atoms with van der Waals surface area (Å²) in [5, 5.41) is 12.3. The van der Waals surface area contributed by atoms with Crippen LogP contribution in [-0.2, 0) is 16.0 Å². The van der Waals surface area contributed by atoms with Gasteiger partial charge in [0.15, 0.2) is 0 Å². The smallest absolute Gasteiger partial charge is 0.408 e. The number of fused-ring (bicyclic) bond motifs is 5. The molecule has 9 atom stereocenters. The minimum Gasteiger partial charge on any atom is -0.480 e. The van der Waals surface area contributed by atoms with Gasteiger partial charge in [-0.25, -0.2) is 9.59 Å². The summed E-state index contributed by atoms with van der Waals surface area (Å²) >= 11 is 0. The van der Waals surface area contributed by atoms with Gasteiger partial charge in [0.05, 0.1) is 0 Å². The highest BCUT2D eigenvalue weighted by Crippen LogP contribution is 2.67. The fourth-order valence-electron chi connectivity index (χ4n) is 10.1. The van der Waals surface area contributed by atoms with E-state index in [-0.39, 0.29) is 17.9 Å². The number of benzene rings is 1. The molecule has 232 valence electrons. The first-order valence-electron chi connectivity index (χ1n) is 16.9. The predicted octanol–water partition coefficient (Wildman–Crippen LogP) is 8.82. The van der Waals surface area contributed by atoms with Crippen molar-refractivity contribution in [3.05, 3.63) is 47.5 Å². The Morgan fingerprint density at radius 1 is 1.00 bits per heavy atom. The van der Waals surface area contributed by atoms with Crippen molar-refractivity contribution in [3.63, 3.8) is 0 Å². The molecule has 0 bridgehead atoms. The van der Waals surface area contributed by atoms with Gasteiger partial charge in [-0.1, -0.05) is 95.9 Å². The first-order chi connectivity index (χ1) is 20.0. The number of hydrogen-bond donors (Lipinski definition) is 2. The Morgan fingerprint density at radius 2 is 1.76 bits per heavy atom. The molecule has 1 amide bonds. The number of amides is 1. The van der Waals surface area contributed by atoms with Crippen molar-refractivity contribution in [2.24, 2.45) is 46.3 Å². The van der Waals surface area contributed by atoms with Crippen LogP contribution >= 0.6 is 0 Å². The van der Waals surface area contributed by atoms with Crippen LogP contribution in [0.1, 0.15) is 111 Å². The molecule has 0 aliphatic heterocycles. The van der Waals surface area contributed by atoms with Crippen molar-refractivity contribution in [1.29, 1.82) is 0 Å². The highest BCUT2D eigenvalue weighted by Gasteiger charge is 2.59. The van der Waals surface area contributed by atoms with E-state index in [1.807, 2.05) is 30.3 Å². The van der Waals surface area contributed by atoms with Crippen molar-refractivity contribution in [2.45, 2.75) is 124 Å². The van der Waals surface area contributed by atoms with E-state index in [4.69, 9.17) is 4.74 Å². The first-order valence-corrected chi connectivity index (χ1v) is 16.9. The van der Waals surface area contributed by atoms with Crippen LogP contribution in [0.25, 0.3) is 0 Å². The van der Waals surface area contributed by atoms with Crippen LogP contribution in [0.4, 0.5) is 4.79 Å². The fraction of sp³-hybridized carbons (Fsp3) is 0.730. The molecule has 1 aromatic carbocycles. The molecule has 4 aliphatic rings. The quantitative estimate of drug-likeness (QED) is 0.272. The predicted molar refractivity (Wildman–Crippen MR) is 168 cm³/mol. The number of aliphatic carboxylic acids is 1. The molecular weight excluding hydrogens is 522 g/mol. The molecule has 0 spiro atoms. The lowest BCUT2D eigenvalue weighted by Gasteiger charge is -2.58. The number of carbonyl (C=O) groups is 2. The number of ether oxygens (including phenoxy) is 1. The number of carbonyl (C=O) groups excluding carboxylic acids is 1. The minimum absolute atomic E-state index is 0.191. The molecule has 4 unspecified atom stereocenters. The Labute approximate surface area is 254 Å². The zero-order valence-corrected chi connectivity index (χ0v) is 26.7. The standard InChI is InChI=1S/C37H55NO4/c1-24(2)10-9-11-25(3)30-16-17-31-29-15-14-27-23-28(18-20-36(27,4)32(29)19-21-37(30,31)5)42-35(41)38-33(34(39)40)22-26-12-7-6-8-13-26/h6-8,12-14,24-25,28-33H,9-11,15-23H2,1-5H3,(H,38,41)(H,39,40)/t25-,28?,29?,30-,31?,32?,33+,36+,37-/m1/s1. The minimum atomic E-state index is -1.04. The third-order valence-electron chi connectivity index (χ3n) is 12.4. The zero-order chi connectivity index (χ0) is 30.1. The lowest BCUT2D eigenvalue weighted by Crippen LogP contribution is -2.51. The Hall–Kier alpha value is -2.30. The maximum Gasteiger partial charge on any atom is 0.408 e. The number of rotatable bonds is 10. The average Bonchev–Trinajstić information content (AvgIpc) is 3.30. The Morgan fingerprint density at radius 3 is 2.48 bits per heavy atom. The molecule has 3 saturated carbocycles. The average molecular weight is 578 g/mol. The van der Waals surface area contributed by atoms with Crippen molar-refractivity contribution < 1.29 is 19.4 Å². The number of nitrogens with one attached hydrogen (secondary N) is 1. The molecule has 42 heavy (non-hydrogen) atoms. The Bertz CT molecular complexity index is 1130. The van der Waals surface area contributed by atoms with E-state index in [1.165, 1.54) is 56.9 Å². The lowest BCUT2D eigenvalue weighted by molar-refractivity contribution is -0.139. The highest BCUT2D eigenvalue weighted by molar-refractivity contribution is 5.80. The Balaban J connectivity index is 1.19. The molecule has 5 heteroatoms. The van der Waals surface area contributed by atoms with Gasteiger partial charge in [-0.15, -0.1) is 0 Å². The summed E-state index contributed by atoms with van der Waals surface area (Å²) in [5.74, 6) is 3.79. The van der Waals surface area contributed by atoms with Crippen LogP contribution in [0.3, 0.4) is 0 Å². The van der Waals surface area contributed by atoms with Crippen molar-refractivity contribution in [1.82, 2.24) is 5.32 Å². The van der Waals surface area contributed by atoms with Crippen LogP contribution < -0.4 is 5.32 Å². The molecule has 0 radical (unpaired) electrons. The van der Waals surface area contributed by atoms with E-state index in [0.717, 1.165) is 60.3 Å². The van der Waals surface area contributed by atoms with E-state index in [2.05, 4.69) is 46.0 Å². The molecule has 0 heterocycles. The van der Waals surface area contributed by atoms with E-state index < -0.39 is 18.1 Å². The normalized spacial score (nSPS) is 35.3. The van der Waals surface area contributed by atoms with E-state index in [0.29, 0.717) is 5.41 Å². The van der Waals surface area contributed by atoms with Gasteiger partial charge >= 0.3 is 12.1 Å². The van der Waals surface area contributed by atoms with Crippen LogP contribution in [0.2, 0.25) is 0 Å². The van der Waals surface area contributed by atoms with Gasteiger partial charge in [-0.05, 0) is 96.8 Å². The van der Waals surface area contributed by atoms with Gasteiger partial charge in [0.1, 0.15) is 12.1 Å². The first kappa shape index (κ1) is 31.1. The molecule has 5 nitrogen and oxygen atoms in total. The van der Waals surface area contributed by atoms with Gasteiger partial charge in [0, 0.05) is 12.8 Å². The van der Waals surface area contributed by atoms with Gasteiger partial charge in [-0.2, -0.15) is 0 Å². The van der Waals surface area contributed by atoms with Crippen molar-refractivity contribution in [2.75, 3.05) is 0 Å². The third kappa shape index (κ3) is 6.31. The second-order valence-corrected chi connectivity index (χ2v) is 15.3. The largest absolute Gasteiger partial charge is 0.480 e. The number of allylic oxidation sites excluding steroid dienone is 1. The summed E-state index contributed by atoms with van der Waals surface area (Å²) < 4.78 is 5.86. The van der Waals surface area contributed by atoms with Gasteiger partial charge in [0.25, 0.3) is 0 Å². The van der Waals surface area contributed by atoms with Crippen LogP contribution in [-0.4, -0.2) is 29.3 Å². The zero-order valence-electron chi connectivity index (χ0n) is 26.7. The monoisotopic (exact) mass is 577 g/mol. The van der Waals surface area contributed by atoms with E-state index >= 15 is 0 Å². The highest BCUT2D eigenvalue weighted by atomic mass is 16.6. The fourth-order valence-corrected chi connectivity index (χ4v) is 10.1. The van der Waals surface area contributed by atoms with Gasteiger partial charge < -0.3 is 15.2 Å². The number of alkyl carbamates (subject to hydrolysis) is 1. The summed E-state index contributed by atoms with van der Waals surface area (Å²) in [7, 11) is 0. The van der Waals surface area contributed by atoms with Gasteiger partial charge in [0.2, 0.25) is 0 Å². The van der Waals surface area contributed by atoms with Crippen LogP contribution in [0.15, 0.2) is 42.0 Å². The topological polar surface area (TPSA) is 75.6 Å². The molecule has 0 aromatic heterocycles. The number of hydrogen-bond acceptors (Lipinski definition) is 3. The molecule has 3 fully saturated rings. The molecule has 5 rings (SSSR count). The molecule has 0 saturated heterocycles. The van der Waals surface area contributed by atoms with Crippen LogP contribution in [0.5, 0.6) is 0 Å². The van der Waals surface area contributed by atoms with Crippen molar-refractivity contribution in [3.8, 4) is 0 Å². The summed E-state index contributed by atoms with van der Waals surface area (Å²) in [6, 6.07) is 8.40. The second kappa shape index (κ2) is 12.7. The Kier molecular flexibility index (Phi) is 9.45. The summed E-state index contributed by atoms with van der Waals surface area (Å²) in [6.07, 6.45) is 15.4. The molecule has 2 N–H and O–H groups in total. The van der Waals surface area contributed by atoms with Gasteiger partial charge in [-0.3, -0.25) is 0 Å². The summed E-state index contributed by atoms with van der Waals surface area (Å²) in [6.45, 7) is 12.4. The number of carboxylic acid groups (broad SMARTS) is 1.